The second-order valence-corrected chi connectivity index (χ2v) is 5.93. The molecule has 1 amide bonds. The van der Waals surface area contributed by atoms with Crippen molar-refractivity contribution >= 4 is 17.2 Å². The third-order valence-corrected chi connectivity index (χ3v) is 4.49. The van der Waals surface area contributed by atoms with Crippen LogP contribution in [0.15, 0.2) is 28.3 Å². The summed E-state index contributed by atoms with van der Waals surface area (Å²) in [5.74, 6) is 2.00. The Morgan fingerprint density at radius 2 is 2.41 bits per heavy atom. The fourth-order valence-corrected chi connectivity index (χ4v) is 3.29. The highest BCUT2D eigenvalue weighted by Crippen LogP contribution is 2.27. The first-order chi connectivity index (χ1) is 10.8. The summed E-state index contributed by atoms with van der Waals surface area (Å²) in [6, 6.07) is 3.80. The average Bonchev–Trinajstić information content (AvgIpc) is 3.28. The minimum Gasteiger partial charge on any atom is -0.442 e. The lowest BCUT2D eigenvalue weighted by Gasteiger charge is -2.04. The van der Waals surface area contributed by atoms with E-state index in [0.29, 0.717) is 18.0 Å². The fourth-order valence-electron chi connectivity index (χ4n) is 2.58. The van der Waals surface area contributed by atoms with E-state index in [2.05, 4.69) is 25.1 Å². The van der Waals surface area contributed by atoms with Gasteiger partial charge in [-0.15, -0.1) is 21.5 Å². The number of hydrogen-bond donors (Lipinski definition) is 1. The van der Waals surface area contributed by atoms with E-state index in [1.54, 1.807) is 0 Å². The van der Waals surface area contributed by atoms with Gasteiger partial charge >= 0.3 is 0 Å². The minimum atomic E-state index is -0.271. The monoisotopic (exact) mass is 315 g/mol. The summed E-state index contributed by atoms with van der Waals surface area (Å²) in [6.45, 7) is 1.25. The zero-order valence-corrected chi connectivity index (χ0v) is 12.5. The van der Waals surface area contributed by atoms with E-state index < -0.39 is 0 Å². The number of carbonyl (C=O) groups excluding carboxylic acids is 1. The van der Waals surface area contributed by atoms with Crippen LogP contribution in [0.1, 0.15) is 28.6 Å². The van der Waals surface area contributed by atoms with Crippen LogP contribution >= 0.6 is 11.3 Å². The van der Waals surface area contributed by atoms with Gasteiger partial charge in [-0.25, -0.2) is 4.98 Å². The minimum absolute atomic E-state index is 0.271. The highest BCUT2D eigenvalue weighted by molar-refractivity contribution is 7.13. The van der Waals surface area contributed by atoms with Gasteiger partial charge in [-0.2, -0.15) is 0 Å². The molecule has 3 aromatic heterocycles. The topological polar surface area (TPSA) is 85.8 Å². The summed E-state index contributed by atoms with van der Waals surface area (Å²) in [5, 5.41) is 13.0. The van der Waals surface area contributed by atoms with Gasteiger partial charge in [0.25, 0.3) is 5.91 Å². The van der Waals surface area contributed by atoms with Crippen molar-refractivity contribution < 1.29 is 9.21 Å². The maximum atomic E-state index is 12.3. The number of oxazole rings is 1. The van der Waals surface area contributed by atoms with E-state index in [1.165, 1.54) is 17.7 Å². The highest BCUT2D eigenvalue weighted by Gasteiger charge is 2.21. The Bertz CT molecular complexity index is 805. The quantitative estimate of drug-likeness (QED) is 0.794. The molecule has 0 saturated carbocycles. The van der Waals surface area contributed by atoms with Gasteiger partial charge in [0.1, 0.15) is 5.82 Å². The summed E-state index contributed by atoms with van der Waals surface area (Å²) >= 11 is 1.50. The number of nitrogens with one attached hydrogen (secondary N) is 1. The van der Waals surface area contributed by atoms with Crippen LogP contribution in [-0.2, 0) is 19.5 Å². The standard InChI is InChI=1S/C14H13N5O2S/c20-14(12-13(21-8-16-12)9-3-2-6-22-9)15-7-11-18-17-10-4-1-5-19(10)11/h2-3,6,8H,1,4-5,7H2,(H,15,20). The summed E-state index contributed by atoms with van der Waals surface area (Å²) in [7, 11) is 0. The van der Waals surface area contributed by atoms with Crippen molar-refractivity contribution in [2.45, 2.75) is 25.9 Å². The lowest BCUT2D eigenvalue weighted by atomic mass is 10.3. The van der Waals surface area contributed by atoms with Gasteiger partial charge in [-0.3, -0.25) is 4.79 Å². The first-order valence-corrected chi connectivity index (χ1v) is 7.87. The Morgan fingerprint density at radius 3 is 3.27 bits per heavy atom. The van der Waals surface area contributed by atoms with Gasteiger partial charge in [0.05, 0.1) is 11.4 Å². The SMILES string of the molecule is O=C(NCc1nnc2n1CCC2)c1ncoc1-c1cccs1. The molecule has 1 N–H and O–H groups in total. The molecule has 0 radical (unpaired) electrons. The third kappa shape index (κ3) is 2.21. The van der Waals surface area contributed by atoms with E-state index in [-0.39, 0.29) is 5.91 Å². The highest BCUT2D eigenvalue weighted by atomic mass is 32.1. The molecule has 1 aliphatic heterocycles. The van der Waals surface area contributed by atoms with E-state index in [9.17, 15) is 4.79 Å². The summed E-state index contributed by atoms with van der Waals surface area (Å²) in [5.41, 5.74) is 0.295. The number of aryl methyl sites for hydroxylation is 1. The van der Waals surface area contributed by atoms with Gasteiger partial charge in [0, 0.05) is 13.0 Å². The molecule has 0 fully saturated rings. The van der Waals surface area contributed by atoms with Crippen LogP contribution in [0, 0.1) is 0 Å². The molecule has 4 rings (SSSR count). The van der Waals surface area contributed by atoms with Crippen LogP contribution in [0.4, 0.5) is 0 Å². The van der Waals surface area contributed by atoms with Crippen LogP contribution in [0.3, 0.4) is 0 Å². The molecule has 0 unspecified atom stereocenters. The number of hydrogen-bond acceptors (Lipinski definition) is 6. The van der Waals surface area contributed by atoms with Gasteiger partial charge in [-0.1, -0.05) is 6.07 Å². The van der Waals surface area contributed by atoms with Crippen molar-refractivity contribution in [3.8, 4) is 10.6 Å². The number of amides is 1. The molecule has 0 atom stereocenters. The molecular weight excluding hydrogens is 302 g/mol. The summed E-state index contributed by atoms with van der Waals surface area (Å²) in [6.07, 6.45) is 3.32. The van der Waals surface area contributed by atoms with Crippen LogP contribution in [0.25, 0.3) is 10.6 Å². The molecule has 1 aliphatic rings. The Balaban J connectivity index is 1.50. The Kier molecular flexibility index (Phi) is 3.23. The Labute approximate surface area is 130 Å². The van der Waals surface area contributed by atoms with Gasteiger partial charge in [0.15, 0.2) is 23.7 Å². The number of rotatable bonds is 4. The second kappa shape index (κ2) is 5.38. The number of fused-ring (bicyclic) bond motifs is 1. The third-order valence-electron chi connectivity index (χ3n) is 3.62. The molecule has 22 heavy (non-hydrogen) atoms. The van der Waals surface area contributed by atoms with Crippen LogP contribution in [0.5, 0.6) is 0 Å². The summed E-state index contributed by atoms with van der Waals surface area (Å²) < 4.78 is 7.41. The molecule has 7 nitrogen and oxygen atoms in total. The molecule has 8 heteroatoms. The molecular formula is C14H13N5O2S. The van der Waals surface area contributed by atoms with Gasteiger partial charge in [-0.05, 0) is 17.9 Å². The summed E-state index contributed by atoms with van der Waals surface area (Å²) in [4.78, 5) is 17.2. The maximum absolute atomic E-state index is 12.3. The number of nitrogens with zero attached hydrogens (tertiary/aromatic N) is 4. The zero-order valence-electron chi connectivity index (χ0n) is 11.7. The predicted molar refractivity (Wildman–Crippen MR) is 79.3 cm³/mol. The van der Waals surface area contributed by atoms with Crippen LogP contribution < -0.4 is 5.32 Å². The van der Waals surface area contributed by atoms with Crippen molar-refractivity contribution in [3.63, 3.8) is 0 Å². The van der Waals surface area contributed by atoms with Crippen LogP contribution in [-0.4, -0.2) is 25.7 Å². The first kappa shape index (κ1) is 13.2. The predicted octanol–water partition coefficient (Wildman–Crippen LogP) is 1.87. The van der Waals surface area contributed by atoms with E-state index >= 15 is 0 Å². The Morgan fingerprint density at radius 1 is 1.45 bits per heavy atom. The van der Waals surface area contributed by atoms with Crippen molar-refractivity contribution in [3.05, 3.63) is 41.2 Å². The van der Waals surface area contributed by atoms with Gasteiger partial charge in [0.2, 0.25) is 0 Å². The van der Waals surface area contributed by atoms with Crippen molar-refractivity contribution in [1.29, 1.82) is 0 Å². The van der Waals surface area contributed by atoms with E-state index in [0.717, 1.165) is 35.9 Å². The lowest BCUT2D eigenvalue weighted by molar-refractivity contribution is 0.0945. The van der Waals surface area contributed by atoms with E-state index in [4.69, 9.17) is 4.42 Å². The number of thiophene rings is 1. The zero-order chi connectivity index (χ0) is 14.9. The van der Waals surface area contributed by atoms with Crippen molar-refractivity contribution in [2.75, 3.05) is 0 Å². The van der Waals surface area contributed by atoms with E-state index in [1.807, 2.05) is 17.5 Å². The Hall–Kier alpha value is -2.48. The first-order valence-electron chi connectivity index (χ1n) is 6.99. The largest absolute Gasteiger partial charge is 0.442 e. The molecule has 112 valence electrons. The average molecular weight is 315 g/mol. The normalized spacial score (nSPS) is 13.3. The molecule has 0 aliphatic carbocycles. The molecule has 0 bridgehead atoms. The molecule has 0 aromatic carbocycles. The number of aromatic nitrogens is 4. The smallest absolute Gasteiger partial charge is 0.274 e. The van der Waals surface area contributed by atoms with Crippen LogP contribution in [0.2, 0.25) is 0 Å². The number of carbonyl (C=O) groups is 1. The second-order valence-electron chi connectivity index (χ2n) is 4.98. The van der Waals surface area contributed by atoms with Crippen molar-refractivity contribution in [2.24, 2.45) is 0 Å². The molecule has 0 saturated heterocycles. The maximum Gasteiger partial charge on any atom is 0.274 e. The van der Waals surface area contributed by atoms with Gasteiger partial charge < -0.3 is 14.3 Å². The molecule has 3 aromatic rings. The molecule has 0 spiro atoms. The molecule has 4 heterocycles. The lowest BCUT2D eigenvalue weighted by Crippen LogP contribution is -2.25. The fraction of sp³-hybridized carbons (Fsp3) is 0.286. The van der Waals surface area contributed by atoms with Crippen molar-refractivity contribution in [1.82, 2.24) is 25.1 Å².